The fraction of sp³-hybridized carbons (Fsp3) is 0.533. The van der Waals surface area contributed by atoms with Gasteiger partial charge in [-0.15, -0.1) is 0 Å². The Morgan fingerprint density at radius 3 is 1.82 bits per heavy atom. The van der Waals surface area contributed by atoms with Crippen LogP contribution in [0.3, 0.4) is 0 Å². The zero-order chi connectivity index (χ0) is 16.6. The van der Waals surface area contributed by atoms with Gasteiger partial charge in [-0.2, -0.15) is 0 Å². The summed E-state index contributed by atoms with van der Waals surface area (Å²) in [6.07, 6.45) is 1.26. The molecule has 0 radical (unpaired) electrons. The Hall–Kier alpha value is -2.31. The van der Waals surface area contributed by atoms with Crippen molar-refractivity contribution < 1.29 is 29.7 Å². The molecule has 0 bridgehead atoms. The van der Waals surface area contributed by atoms with Crippen LogP contribution >= 0.6 is 0 Å². The molecule has 0 aromatic heterocycles. The van der Waals surface area contributed by atoms with E-state index in [1.807, 2.05) is 0 Å². The van der Waals surface area contributed by atoms with Crippen LogP contribution in [0.5, 0.6) is 0 Å². The van der Waals surface area contributed by atoms with Crippen molar-refractivity contribution in [1.29, 1.82) is 0 Å². The maximum absolute atomic E-state index is 11.6. The van der Waals surface area contributed by atoms with Crippen molar-refractivity contribution in [1.82, 2.24) is 5.32 Å². The summed E-state index contributed by atoms with van der Waals surface area (Å²) in [5, 5.41) is 30.9. The van der Waals surface area contributed by atoms with Crippen LogP contribution in [0.25, 0.3) is 0 Å². The largest absolute Gasteiger partial charge is 0.481 e. The lowest BCUT2D eigenvalue weighted by molar-refractivity contribution is -0.141. The molecule has 1 heterocycles. The highest BCUT2D eigenvalue weighted by molar-refractivity contribution is 5.96. The van der Waals surface area contributed by atoms with Crippen LogP contribution in [0.15, 0.2) is 22.5 Å². The topological polar surface area (TPSA) is 124 Å². The van der Waals surface area contributed by atoms with Crippen LogP contribution in [0.4, 0.5) is 0 Å². The van der Waals surface area contributed by atoms with Crippen molar-refractivity contribution in [3.63, 3.8) is 0 Å². The minimum atomic E-state index is -1.17. The summed E-state index contributed by atoms with van der Waals surface area (Å²) in [6, 6.07) is 0. The van der Waals surface area contributed by atoms with E-state index in [-0.39, 0.29) is 17.1 Å². The molecule has 1 saturated carbocycles. The molecule has 7 heteroatoms. The average Bonchev–Trinajstić information content (AvgIpc) is 2.85. The van der Waals surface area contributed by atoms with Crippen molar-refractivity contribution in [3.8, 4) is 0 Å². The SMILES string of the molecule is CC1=C(C(=O)O)C([C@H]2CC[C@@H](C(=O)O)C2)C(C(=O)O)=C(C)N1. The number of carboxylic acid groups (broad SMARTS) is 3. The fourth-order valence-corrected chi connectivity index (χ4v) is 3.63. The van der Waals surface area contributed by atoms with Gasteiger partial charge in [0.1, 0.15) is 0 Å². The second kappa shape index (κ2) is 5.82. The van der Waals surface area contributed by atoms with E-state index < -0.39 is 29.7 Å². The smallest absolute Gasteiger partial charge is 0.333 e. The van der Waals surface area contributed by atoms with Crippen LogP contribution in [0.2, 0.25) is 0 Å². The first-order valence-electron chi connectivity index (χ1n) is 7.12. The van der Waals surface area contributed by atoms with Crippen LogP contribution in [0.1, 0.15) is 33.1 Å². The number of hydrogen-bond acceptors (Lipinski definition) is 4. The second-order valence-electron chi connectivity index (χ2n) is 5.90. The Labute approximate surface area is 127 Å². The summed E-state index contributed by atoms with van der Waals surface area (Å²) in [5.74, 6) is -4.84. The normalized spacial score (nSPS) is 26.1. The van der Waals surface area contributed by atoms with E-state index in [9.17, 15) is 24.6 Å². The Kier molecular flexibility index (Phi) is 4.25. The lowest BCUT2D eigenvalue weighted by Crippen LogP contribution is -2.35. The molecular weight excluding hydrogens is 290 g/mol. The van der Waals surface area contributed by atoms with Crippen molar-refractivity contribution in [2.45, 2.75) is 33.1 Å². The molecule has 7 nitrogen and oxygen atoms in total. The van der Waals surface area contributed by atoms with Gasteiger partial charge >= 0.3 is 17.9 Å². The monoisotopic (exact) mass is 309 g/mol. The Morgan fingerprint density at radius 1 is 0.955 bits per heavy atom. The summed E-state index contributed by atoms with van der Waals surface area (Å²) >= 11 is 0. The standard InChI is InChI=1S/C15H19NO6/c1-6-10(14(19)20)12(11(15(21)22)7(2)16-6)8-3-4-9(5-8)13(17)18/h8-9,12,16H,3-5H2,1-2H3,(H,17,18)(H,19,20)(H,21,22)/t8-,9+/m0/s1. The van der Waals surface area contributed by atoms with Gasteiger partial charge in [0.25, 0.3) is 0 Å². The van der Waals surface area contributed by atoms with Crippen molar-refractivity contribution >= 4 is 17.9 Å². The van der Waals surface area contributed by atoms with Crippen LogP contribution < -0.4 is 5.32 Å². The molecule has 0 aromatic rings. The zero-order valence-electron chi connectivity index (χ0n) is 12.4. The molecule has 0 aromatic carbocycles. The molecule has 22 heavy (non-hydrogen) atoms. The second-order valence-corrected chi connectivity index (χ2v) is 5.90. The van der Waals surface area contributed by atoms with Gasteiger partial charge in [0.2, 0.25) is 0 Å². The number of hydrogen-bond donors (Lipinski definition) is 4. The molecule has 2 atom stereocenters. The van der Waals surface area contributed by atoms with E-state index in [0.717, 1.165) is 0 Å². The van der Waals surface area contributed by atoms with Crippen molar-refractivity contribution in [2.75, 3.05) is 0 Å². The highest BCUT2D eigenvalue weighted by Crippen LogP contribution is 2.44. The van der Waals surface area contributed by atoms with Gasteiger partial charge < -0.3 is 20.6 Å². The minimum absolute atomic E-state index is 0.0269. The third-order valence-corrected chi connectivity index (χ3v) is 4.56. The van der Waals surface area contributed by atoms with Gasteiger partial charge in [0.15, 0.2) is 0 Å². The van der Waals surface area contributed by atoms with E-state index in [1.165, 1.54) is 0 Å². The molecule has 1 aliphatic heterocycles. The van der Waals surface area contributed by atoms with E-state index in [1.54, 1.807) is 13.8 Å². The Balaban J connectivity index is 2.45. The first-order chi connectivity index (χ1) is 10.2. The van der Waals surface area contributed by atoms with Gasteiger partial charge in [-0.25, -0.2) is 9.59 Å². The fourth-order valence-electron chi connectivity index (χ4n) is 3.63. The molecule has 4 N–H and O–H groups in total. The van der Waals surface area contributed by atoms with Gasteiger partial charge in [-0.05, 0) is 39.0 Å². The zero-order valence-corrected chi connectivity index (χ0v) is 12.4. The molecule has 1 fully saturated rings. The highest BCUT2D eigenvalue weighted by atomic mass is 16.4. The number of rotatable bonds is 4. The Morgan fingerprint density at radius 2 is 1.45 bits per heavy atom. The molecule has 1 aliphatic carbocycles. The summed E-state index contributed by atoms with van der Waals surface area (Å²) < 4.78 is 0. The van der Waals surface area contributed by atoms with Crippen LogP contribution in [0, 0.1) is 17.8 Å². The number of aliphatic carboxylic acids is 3. The maximum atomic E-state index is 11.6. The van der Waals surface area contributed by atoms with Crippen molar-refractivity contribution in [2.24, 2.45) is 17.8 Å². The van der Waals surface area contributed by atoms with Gasteiger partial charge in [-0.1, -0.05) is 0 Å². The third kappa shape index (κ3) is 2.70. The van der Waals surface area contributed by atoms with Crippen LogP contribution in [-0.4, -0.2) is 33.2 Å². The van der Waals surface area contributed by atoms with Gasteiger partial charge in [0, 0.05) is 17.3 Å². The number of dihydropyridines is 1. The highest BCUT2D eigenvalue weighted by Gasteiger charge is 2.44. The van der Waals surface area contributed by atoms with E-state index in [0.29, 0.717) is 30.7 Å². The first-order valence-corrected chi connectivity index (χ1v) is 7.12. The molecule has 120 valence electrons. The molecule has 0 unspecified atom stereocenters. The first kappa shape index (κ1) is 16.1. The van der Waals surface area contributed by atoms with E-state index in [2.05, 4.69) is 5.32 Å². The van der Waals surface area contributed by atoms with Gasteiger partial charge in [0.05, 0.1) is 17.1 Å². The number of carbonyl (C=O) groups is 3. The summed E-state index contributed by atoms with van der Waals surface area (Å²) in [5.41, 5.74) is 0.885. The molecule has 2 rings (SSSR count). The molecule has 0 amide bonds. The maximum Gasteiger partial charge on any atom is 0.333 e. The molecular formula is C15H19NO6. The van der Waals surface area contributed by atoms with Crippen LogP contribution in [-0.2, 0) is 14.4 Å². The summed E-state index contributed by atoms with van der Waals surface area (Å²) in [7, 11) is 0. The predicted molar refractivity (Wildman–Crippen MR) is 75.8 cm³/mol. The van der Waals surface area contributed by atoms with E-state index >= 15 is 0 Å². The quantitative estimate of drug-likeness (QED) is 0.619. The molecule has 2 aliphatic rings. The lowest BCUT2D eigenvalue weighted by atomic mass is 9.75. The summed E-state index contributed by atoms with van der Waals surface area (Å²) in [6.45, 7) is 3.20. The number of carboxylic acids is 3. The average molecular weight is 309 g/mol. The minimum Gasteiger partial charge on any atom is -0.481 e. The molecule has 0 saturated heterocycles. The lowest BCUT2D eigenvalue weighted by Gasteiger charge is -2.32. The predicted octanol–water partition coefficient (Wildman–Crippen LogP) is 1.42. The van der Waals surface area contributed by atoms with Crippen molar-refractivity contribution in [3.05, 3.63) is 22.5 Å². The van der Waals surface area contributed by atoms with E-state index in [4.69, 9.17) is 5.11 Å². The number of allylic oxidation sites excluding steroid dienone is 2. The Bertz CT molecular complexity index is 567. The van der Waals surface area contributed by atoms with Gasteiger partial charge in [-0.3, -0.25) is 4.79 Å². The number of nitrogens with one attached hydrogen (secondary N) is 1. The third-order valence-electron chi connectivity index (χ3n) is 4.56. The summed E-state index contributed by atoms with van der Waals surface area (Å²) in [4.78, 5) is 34.3. The molecule has 0 spiro atoms.